The Kier molecular flexibility index (Phi) is 7.59. The molecule has 0 atom stereocenters. The lowest BCUT2D eigenvalue weighted by atomic mass is 9.96. The van der Waals surface area contributed by atoms with Gasteiger partial charge in [-0.1, -0.05) is 27.7 Å². The minimum Gasteiger partial charge on any atom is -0.465 e. The van der Waals surface area contributed by atoms with E-state index in [9.17, 15) is 9.59 Å². The lowest BCUT2D eigenvalue weighted by molar-refractivity contribution is -0.152. The van der Waals surface area contributed by atoms with Gasteiger partial charge in [-0.2, -0.15) is 0 Å². The highest BCUT2D eigenvalue weighted by Gasteiger charge is 2.22. The summed E-state index contributed by atoms with van der Waals surface area (Å²) in [4.78, 5) is 22.4. The van der Waals surface area contributed by atoms with Crippen molar-refractivity contribution < 1.29 is 19.1 Å². The quantitative estimate of drug-likeness (QED) is 0.616. The zero-order valence-electron chi connectivity index (χ0n) is 11.4. The molecule has 0 aliphatic rings. The van der Waals surface area contributed by atoms with Gasteiger partial charge in [0.1, 0.15) is 0 Å². The fraction of sp³-hybridized carbons (Fsp3) is 0.846. The molecule has 0 spiro atoms. The van der Waals surface area contributed by atoms with Crippen molar-refractivity contribution in [3.05, 3.63) is 0 Å². The van der Waals surface area contributed by atoms with Crippen molar-refractivity contribution in [2.45, 2.75) is 53.4 Å². The number of hydrogen-bond donors (Lipinski definition) is 0. The topological polar surface area (TPSA) is 52.6 Å². The molecule has 0 aromatic heterocycles. The van der Waals surface area contributed by atoms with Crippen molar-refractivity contribution in [2.24, 2.45) is 5.41 Å². The molecule has 4 nitrogen and oxygen atoms in total. The Hall–Kier alpha value is -1.06. The smallest absolute Gasteiger partial charge is 0.305 e. The highest BCUT2D eigenvalue weighted by atomic mass is 16.5. The van der Waals surface area contributed by atoms with Crippen molar-refractivity contribution in [3.63, 3.8) is 0 Å². The summed E-state index contributed by atoms with van der Waals surface area (Å²) in [6, 6.07) is 0. The van der Waals surface area contributed by atoms with E-state index in [1.807, 2.05) is 27.7 Å². The van der Waals surface area contributed by atoms with Crippen LogP contribution < -0.4 is 0 Å². The van der Waals surface area contributed by atoms with Gasteiger partial charge >= 0.3 is 11.9 Å². The molecule has 0 saturated carbocycles. The standard InChI is InChI=1S/C13H24O4/c1-5-7-11(14)16-9-13(3,4)10-17-12(15)8-6-2/h5-10H2,1-4H3. The van der Waals surface area contributed by atoms with Gasteiger partial charge in [0.15, 0.2) is 0 Å². The molecule has 0 amide bonds. The van der Waals surface area contributed by atoms with E-state index in [2.05, 4.69) is 0 Å². The molecule has 0 aromatic carbocycles. The maximum absolute atomic E-state index is 11.2. The first kappa shape index (κ1) is 15.9. The highest BCUT2D eigenvalue weighted by molar-refractivity contribution is 5.69. The first-order valence-corrected chi connectivity index (χ1v) is 6.22. The van der Waals surface area contributed by atoms with Crippen LogP contribution >= 0.6 is 0 Å². The van der Waals surface area contributed by atoms with E-state index in [1.54, 1.807) is 0 Å². The maximum Gasteiger partial charge on any atom is 0.305 e. The highest BCUT2D eigenvalue weighted by Crippen LogP contribution is 2.17. The minimum absolute atomic E-state index is 0.194. The van der Waals surface area contributed by atoms with E-state index in [4.69, 9.17) is 9.47 Å². The summed E-state index contributed by atoms with van der Waals surface area (Å²) in [7, 11) is 0. The van der Waals surface area contributed by atoms with Crippen LogP contribution in [0.3, 0.4) is 0 Å². The van der Waals surface area contributed by atoms with Gasteiger partial charge in [-0.3, -0.25) is 9.59 Å². The number of carbonyl (C=O) groups is 2. The molecule has 0 aliphatic carbocycles. The molecule has 0 saturated heterocycles. The number of carbonyl (C=O) groups excluding carboxylic acids is 2. The lowest BCUT2D eigenvalue weighted by Gasteiger charge is -2.23. The van der Waals surface area contributed by atoms with E-state index in [0.717, 1.165) is 12.8 Å². The Morgan fingerprint density at radius 1 is 0.882 bits per heavy atom. The average Bonchev–Trinajstić information content (AvgIpc) is 2.25. The molecule has 4 heteroatoms. The molecule has 0 aliphatic heterocycles. The van der Waals surface area contributed by atoms with Crippen LogP contribution in [0, 0.1) is 5.41 Å². The summed E-state index contributed by atoms with van der Waals surface area (Å²) in [5, 5.41) is 0. The van der Waals surface area contributed by atoms with Crippen LogP contribution in [0.15, 0.2) is 0 Å². The fourth-order valence-electron chi connectivity index (χ4n) is 1.15. The predicted octanol–water partition coefficient (Wildman–Crippen LogP) is 2.70. The zero-order valence-corrected chi connectivity index (χ0v) is 11.4. The third kappa shape index (κ3) is 8.72. The van der Waals surface area contributed by atoms with Crippen molar-refractivity contribution in [1.29, 1.82) is 0 Å². The third-order valence-electron chi connectivity index (χ3n) is 2.16. The molecule has 17 heavy (non-hydrogen) atoms. The Balaban J connectivity index is 3.86. The number of esters is 2. The molecule has 100 valence electrons. The summed E-state index contributed by atoms with van der Waals surface area (Å²) in [5.41, 5.74) is -0.327. The van der Waals surface area contributed by atoms with E-state index in [1.165, 1.54) is 0 Å². The zero-order chi connectivity index (χ0) is 13.3. The molecule has 0 rings (SSSR count). The maximum atomic E-state index is 11.2. The Morgan fingerprint density at radius 2 is 1.24 bits per heavy atom. The van der Waals surface area contributed by atoms with E-state index >= 15 is 0 Å². The normalized spacial score (nSPS) is 11.1. The third-order valence-corrected chi connectivity index (χ3v) is 2.16. The van der Waals surface area contributed by atoms with Crippen LogP contribution in [0.2, 0.25) is 0 Å². The average molecular weight is 244 g/mol. The van der Waals surface area contributed by atoms with Gasteiger partial charge in [-0.25, -0.2) is 0 Å². The number of ether oxygens (including phenoxy) is 2. The molecule has 0 unspecified atom stereocenters. The summed E-state index contributed by atoms with van der Waals surface area (Å²) in [5.74, 6) is -0.388. The van der Waals surface area contributed by atoms with Crippen LogP contribution in [-0.4, -0.2) is 25.2 Å². The van der Waals surface area contributed by atoms with Gasteiger partial charge in [0.05, 0.1) is 13.2 Å². The van der Waals surface area contributed by atoms with Crippen LogP contribution in [0.4, 0.5) is 0 Å². The molecule has 0 heterocycles. The van der Waals surface area contributed by atoms with Crippen LogP contribution in [0.5, 0.6) is 0 Å². The Morgan fingerprint density at radius 3 is 1.53 bits per heavy atom. The fourth-order valence-corrected chi connectivity index (χ4v) is 1.15. The summed E-state index contributed by atoms with van der Waals surface area (Å²) < 4.78 is 10.2. The summed E-state index contributed by atoms with van der Waals surface area (Å²) >= 11 is 0. The number of rotatable bonds is 8. The second-order valence-corrected chi connectivity index (χ2v) is 4.99. The minimum atomic E-state index is -0.327. The van der Waals surface area contributed by atoms with Gasteiger partial charge in [0.25, 0.3) is 0 Å². The second-order valence-electron chi connectivity index (χ2n) is 4.99. The molecule has 0 radical (unpaired) electrons. The second kappa shape index (κ2) is 8.09. The molecule has 0 aromatic rings. The predicted molar refractivity (Wildman–Crippen MR) is 65.5 cm³/mol. The van der Waals surface area contributed by atoms with Gasteiger partial charge in [-0.05, 0) is 12.8 Å². The van der Waals surface area contributed by atoms with Crippen LogP contribution in [0.1, 0.15) is 53.4 Å². The van der Waals surface area contributed by atoms with Gasteiger partial charge in [0, 0.05) is 18.3 Å². The monoisotopic (exact) mass is 244 g/mol. The van der Waals surface area contributed by atoms with Gasteiger partial charge < -0.3 is 9.47 Å². The molecular weight excluding hydrogens is 220 g/mol. The van der Waals surface area contributed by atoms with Crippen molar-refractivity contribution in [2.75, 3.05) is 13.2 Å². The van der Waals surface area contributed by atoms with E-state index in [-0.39, 0.29) is 30.6 Å². The Labute approximate surface area is 104 Å². The van der Waals surface area contributed by atoms with E-state index in [0.29, 0.717) is 12.8 Å². The summed E-state index contributed by atoms with van der Waals surface area (Å²) in [6.45, 7) is 8.24. The molecular formula is C13H24O4. The summed E-state index contributed by atoms with van der Waals surface area (Å²) in [6.07, 6.45) is 2.44. The van der Waals surface area contributed by atoms with Crippen LogP contribution in [0.25, 0.3) is 0 Å². The first-order valence-electron chi connectivity index (χ1n) is 6.22. The van der Waals surface area contributed by atoms with Crippen molar-refractivity contribution in [1.82, 2.24) is 0 Å². The van der Waals surface area contributed by atoms with Crippen molar-refractivity contribution in [3.8, 4) is 0 Å². The largest absolute Gasteiger partial charge is 0.465 e. The molecule has 0 fully saturated rings. The lowest BCUT2D eigenvalue weighted by Crippen LogP contribution is -2.28. The van der Waals surface area contributed by atoms with Crippen molar-refractivity contribution >= 4 is 11.9 Å². The SMILES string of the molecule is CCCC(=O)OCC(C)(C)COC(=O)CCC. The first-order chi connectivity index (χ1) is 7.91. The van der Waals surface area contributed by atoms with Gasteiger partial charge in [0.2, 0.25) is 0 Å². The molecule has 0 bridgehead atoms. The van der Waals surface area contributed by atoms with Crippen LogP contribution in [-0.2, 0) is 19.1 Å². The van der Waals surface area contributed by atoms with Gasteiger partial charge in [-0.15, -0.1) is 0 Å². The molecule has 0 N–H and O–H groups in total. The Bertz CT molecular complexity index is 222. The number of hydrogen-bond acceptors (Lipinski definition) is 4. The van der Waals surface area contributed by atoms with E-state index < -0.39 is 0 Å².